The van der Waals surface area contributed by atoms with Gasteiger partial charge in [0.05, 0.1) is 0 Å². The summed E-state index contributed by atoms with van der Waals surface area (Å²) >= 11 is 0. The Labute approximate surface area is 74.8 Å². The van der Waals surface area contributed by atoms with E-state index in [9.17, 15) is 0 Å². The molecule has 0 aromatic heterocycles. The molecule has 0 saturated heterocycles. The Morgan fingerprint density at radius 1 is 1.67 bits per heavy atom. The molecule has 0 saturated carbocycles. The van der Waals surface area contributed by atoms with E-state index in [1.807, 2.05) is 18.2 Å². The van der Waals surface area contributed by atoms with E-state index in [1.165, 1.54) is 0 Å². The fourth-order valence-electron chi connectivity index (χ4n) is 0.768. The highest BCUT2D eigenvalue weighted by molar-refractivity contribution is 4.96. The van der Waals surface area contributed by atoms with Gasteiger partial charge in [-0.2, -0.15) is 0 Å². The minimum absolute atomic E-state index is 0.0953. The van der Waals surface area contributed by atoms with Gasteiger partial charge in [0.25, 0.3) is 0 Å². The SMILES string of the molecule is C=C=CCC(N)C=CCNCC. The standard InChI is InChI=1S/C10H18N2/c1-3-5-7-10(11)8-6-9-12-4-2/h5-6,8,10,12H,1,4,7,9,11H2,2H3. The summed E-state index contributed by atoms with van der Waals surface area (Å²) in [5.41, 5.74) is 8.42. The van der Waals surface area contributed by atoms with Crippen molar-refractivity contribution in [2.45, 2.75) is 19.4 Å². The second-order valence-corrected chi connectivity index (χ2v) is 2.54. The van der Waals surface area contributed by atoms with Gasteiger partial charge in [0.1, 0.15) is 0 Å². The van der Waals surface area contributed by atoms with Crippen LogP contribution in [0.15, 0.2) is 30.5 Å². The van der Waals surface area contributed by atoms with Crippen LogP contribution < -0.4 is 11.1 Å². The number of hydrogen-bond acceptors (Lipinski definition) is 2. The maximum Gasteiger partial charge on any atom is 0.0265 e. The lowest BCUT2D eigenvalue weighted by Crippen LogP contribution is -2.17. The second kappa shape index (κ2) is 8.28. The summed E-state index contributed by atoms with van der Waals surface area (Å²) in [6.07, 6.45) is 6.70. The van der Waals surface area contributed by atoms with Crippen molar-refractivity contribution in [2.24, 2.45) is 5.73 Å². The summed E-state index contributed by atoms with van der Waals surface area (Å²) in [5, 5.41) is 3.18. The molecule has 2 nitrogen and oxygen atoms in total. The van der Waals surface area contributed by atoms with Crippen LogP contribution in [0.3, 0.4) is 0 Å². The summed E-state index contributed by atoms with van der Waals surface area (Å²) in [6.45, 7) is 7.43. The lowest BCUT2D eigenvalue weighted by molar-refractivity contribution is 0.784. The molecule has 68 valence electrons. The zero-order valence-corrected chi connectivity index (χ0v) is 7.72. The van der Waals surface area contributed by atoms with Crippen molar-refractivity contribution in [3.8, 4) is 0 Å². The highest BCUT2D eigenvalue weighted by Gasteiger charge is 1.90. The summed E-state index contributed by atoms with van der Waals surface area (Å²) in [7, 11) is 0. The molecule has 0 fully saturated rings. The Morgan fingerprint density at radius 2 is 2.42 bits per heavy atom. The fraction of sp³-hybridized carbons (Fsp3) is 0.500. The lowest BCUT2D eigenvalue weighted by atomic mass is 10.2. The van der Waals surface area contributed by atoms with Crippen molar-refractivity contribution >= 4 is 0 Å². The molecule has 0 aromatic carbocycles. The molecular weight excluding hydrogens is 148 g/mol. The maximum absolute atomic E-state index is 5.73. The summed E-state index contributed by atoms with van der Waals surface area (Å²) < 4.78 is 0. The van der Waals surface area contributed by atoms with E-state index < -0.39 is 0 Å². The average Bonchev–Trinajstić information content (AvgIpc) is 2.09. The van der Waals surface area contributed by atoms with Crippen LogP contribution in [0.2, 0.25) is 0 Å². The molecular formula is C10H18N2. The van der Waals surface area contributed by atoms with Gasteiger partial charge in [0.2, 0.25) is 0 Å². The van der Waals surface area contributed by atoms with Crippen LogP contribution in [0.4, 0.5) is 0 Å². The van der Waals surface area contributed by atoms with Gasteiger partial charge in [-0.25, -0.2) is 0 Å². The first-order valence-corrected chi connectivity index (χ1v) is 4.28. The number of nitrogens with one attached hydrogen (secondary N) is 1. The Morgan fingerprint density at radius 3 is 3.00 bits per heavy atom. The largest absolute Gasteiger partial charge is 0.324 e. The van der Waals surface area contributed by atoms with Gasteiger partial charge in [-0.05, 0) is 19.0 Å². The van der Waals surface area contributed by atoms with E-state index in [0.29, 0.717) is 0 Å². The first-order valence-electron chi connectivity index (χ1n) is 4.28. The Bertz CT molecular complexity index is 167. The van der Waals surface area contributed by atoms with Crippen LogP contribution in [0.25, 0.3) is 0 Å². The van der Waals surface area contributed by atoms with Crippen LogP contribution in [0.1, 0.15) is 13.3 Å². The zero-order chi connectivity index (χ0) is 9.23. The number of hydrogen-bond donors (Lipinski definition) is 2. The topological polar surface area (TPSA) is 38.0 Å². The van der Waals surface area contributed by atoms with E-state index in [0.717, 1.165) is 19.5 Å². The molecule has 0 aromatic rings. The van der Waals surface area contributed by atoms with E-state index >= 15 is 0 Å². The molecule has 0 rings (SSSR count). The summed E-state index contributed by atoms with van der Waals surface area (Å²) in [5.74, 6) is 0. The normalized spacial score (nSPS) is 12.8. The van der Waals surface area contributed by atoms with Crippen LogP contribution in [0, 0.1) is 0 Å². The van der Waals surface area contributed by atoms with Crippen molar-refractivity contribution < 1.29 is 0 Å². The van der Waals surface area contributed by atoms with Crippen molar-refractivity contribution in [2.75, 3.05) is 13.1 Å². The molecule has 0 amide bonds. The predicted molar refractivity (Wildman–Crippen MR) is 54.0 cm³/mol. The Balaban J connectivity index is 3.45. The van der Waals surface area contributed by atoms with Gasteiger partial charge in [-0.15, -0.1) is 5.73 Å². The van der Waals surface area contributed by atoms with Crippen LogP contribution in [-0.4, -0.2) is 19.1 Å². The number of likely N-dealkylation sites (N-methyl/N-ethyl adjacent to an activating group) is 1. The Kier molecular flexibility index (Phi) is 7.71. The van der Waals surface area contributed by atoms with Crippen LogP contribution in [0.5, 0.6) is 0 Å². The molecule has 0 aliphatic carbocycles. The lowest BCUT2D eigenvalue weighted by Gasteiger charge is -2.00. The first kappa shape index (κ1) is 11.2. The van der Waals surface area contributed by atoms with Crippen molar-refractivity contribution in [3.63, 3.8) is 0 Å². The maximum atomic E-state index is 5.73. The van der Waals surface area contributed by atoms with Gasteiger partial charge < -0.3 is 11.1 Å². The highest BCUT2D eigenvalue weighted by atomic mass is 14.8. The molecule has 2 heteroatoms. The Hall–Kier alpha value is -0.820. The fourth-order valence-corrected chi connectivity index (χ4v) is 0.768. The smallest absolute Gasteiger partial charge is 0.0265 e. The third-order valence-corrected chi connectivity index (χ3v) is 1.43. The first-order chi connectivity index (χ1) is 5.81. The van der Waals surface area contributed by atoms with E-state index in [-0.39, 0.29) is 6.04 Å². The predicted octanol–water partition coefficient (Wildman–Crippen LogP) is 1.21. The van der Waals surface area contributed by atoms with E-state index in [1.54, 1.807) is 0 Å². The minimum atomic E-state index is 0.0953. The molecule has 0 aliphatic rings. The number of rotatable bonds is 6. The summed E-state index contributed by atoms with van der Waals surface area (Å²) in [6, 6.07) is 0.0953. The molecule has 3 N–H and O–H groups in total. The van der Waals surface area contributed by atoms with Crippen LogP contribution in [-0.2, 0) is 0 Å². The number of nitrogens with two attached hydrogens (primary N) is 1. The molecule has 0 aliphatic heterocycles. The van der Waals surface area contributed by atoms with E-state index in [4.69, 9.17) is 5.73 Å². The van der Waals surface area contributed by atoms with Crippen molar-refractivity contribution in [1.82, 2.24) is 5.32 Å². The summed E-state index contributed by atoms with van der Waals surface area (Å²) in [4.78, 5) is 0. The molecule has 1 atom stereocenters. The average molecular weight is 166 g/mol. The molecule has 0 radical (unpaired) electrons. The van der Waals surface area contributed by atoms with Gasteiger partial charge in [0, 0.05) is 12.6 Å². The third kappa shape index (κ3) is 7.29. The van der Waals surface area contributed by atoms with Crippen molar-refractivity contribution in [1.29, 1.82) is 0 Å². The molecule has 0 heterocycles. The highest BCUT2D eigenvalue weighted by Crippen LogP contribution is 1.90. The van der Waals surface area contributed by atoms with Gasteiger partial charge in [-0.3, -0.25) is 0 Å². The third-order valence-electron chi connectivity index (χ3n) is 1.43. The monoisotopic (exact) mass is 166 g/mol. The molecule has 1 unspecified atom stereocenters. The van der Waals surface area contributed by atoms with Gasteiger partial charge in [-0.1, -0.05) is 25.7 Å². The minimum Gasteiger partial charge on any atom is -0.324 e. The van der Waals surface area contributed by atoms with Gasteiger partial charge in [0.15, 0.2) is 0 Å². The quantitative estimate of drug-likeness (QED) is 0.353. The second-order valence-electron chi connectivity index (χ2n) is 2.54. The van der Waals surface area contributed by atoms with Crippen LogP contribution >= 0.6 is 0 Å². The molecule has 0 bridgehead atoms. The molecule has 0 spiro atoms. The van der Waals surface area contributed by atoms with Gasteiger partial charge >= 0.3 is 0 Å². The zero-order valence-electron chi connectivity index (χ0n) is 7.72. The molecule has 12 heavy (non-hydrogen) atoms. The van der Waals surface area contributed by atoms with E-state index in [2.05, 4.69) is 24.6 Å². The van der Waals surface area contributed by atoms with Crippen molar-refractivity contribution in [3.05, 3.63) is 30.5 Å².